The Hall–Kier alpha value is -2.42. The van der Waals surface area contributed by atoms with Gasteiger partial charge in [0.2, 0.25) is 0 Å². The van der Waals surface area contributed by atoms with Crippen LogP contribution in [0.4, 0.5) is 5.82 Å². The number of imidazole rings is 1. The minimum Gasteiger partial charge on any atom is -0.366 e. The van der Waals surface area contributed by atoms with E-state index in [1.807, 2.05) is 24.6 Å². The maximum atomic E-state index is 9.36. The second kappa shape index (κ2) is 6.66. The van der Waals surface area contributed by atoms with Gasteiger partial charge in [-0.1, -0.05) is 13.8 Å². The Bertz CT molecular complexity index is 597. The van der Waals surface area contributed by atoms with Crippen LogP contribution in [0.1, 0.15) is 30.7 Å². The molecular formula is C14H18N6. The van der Waals surface area contributed by atoms with E-state index in [1.165, 1.54) is 0 Å². The van der Waals surface area contributed by atoms with Crippen LogP contribution in [0.3, 0.4) is 0 Å². The summed E-state index contributed by atoms with van der Waals surface area (Å²) in [5.41, 5.74) is 2.52. The van der Waals surface area contributed by atoms with Crippen molar-refractivity contribution < 1.29 is 0 Å². The first-order chi connectivity index (χ1) is 9.80. The van der Waals surface area contributed by atoms with Crippen molar-refractivity contribution in [2.75, 3.05) is 11.9 Å². The molecule has 0 unspecified atom stereocenters. The van der Waals surface area contributed by atoms with Gasteiger partial charge in [0.05, 0.1) is 12.0 Å². The van der Waals surface area contributed by atoms with Gasteiger partial charge in [0, 0.05) is 25.5 Å². The maximum Gasteiger partial charge on any atom is 0.167 e. The van der Waals surface area contributed by atoms with Crippen LogP contribution in [0, 0.1) is 11.3 Å². The lowest BCUT2D eigenvalue weighted by atomic mass is 10.0. The molecule has 6 nitrogen and oxygen atoms in total. The van der Waals surface area contributed by atoms with Crippen LogP contribution >= 0.6 is 0 Å². The van der Waals surface area contributed by atoms with Crippen molar-refractivity contribution in [1.29, 1.82) is 5.26 Å². The number of anilines is 1. The Labute approximate surface area is 118 Å². The third-order valence-corrected chi connectivity index (χ3v) is 3.18. The fraction of sp³-hybridized carbons (Fsp3) is 0.429. The molecule has 0 aliphatic carbocycles. The van der Waals surface area contributed by atoms with Crippen molar-refractivity contribution in [3.63, 3.8) is 0 Å². The molecule has 0 aliphatic rings. The number of aryl methyl sites for hydroxylation is 1. The normalized spacial score (nSPS) is 10.2. The molecule has 2 heterocycles. The average Bonchev–Trinajstić information content (AvgIpc) is 2.99. The Morgan fingerprint density at radius 2 is 2.15 bits per heavy atom. The van der Waals surface area contributed by atoms with Crippen LogP contribution in [0.25, 0.3) is 0 Å². The molecule has 20 heavy (non-hydrogen) atoms. The fourth-order valence-corrected chi connectivity index (χ4v) is 2.14. The Balaban J connectivity index is 2.13. The van der Waals surface area contributed by atoms with Crippen molar-refractivity contribution in [1.82, 2.24) is 19.7 Å². The van der Waals surface area contributed by atoms with Crippen LogP contribution in [-0.4, -0.2) is 26.3 Å². The van der Waals surface area contributed by atoms with Crippen molar-refractivity contribution in [2.45, 2.75) is 33.2 Å². The van der Waals surface area contributed by atoms with Crippen molar-refractivity contribution >= 4 is 5.82 Å². The third-order valence-electron chi connectivity index (χ3n) is 3.18. The highest BCUT2D eigenvalue weighted by Gasteiger charge is 2.13. The van der Waals surface area contributed by atoms with E-state index in [0.717, 1.165) is 30.6 Å². The quantitative estimate of drug-likeness (QED) is 0.865. The highest BCUT2D eigenvalue weighted by molar-refractivity contribution is 5.56. The van der Waals surface area contributed by atoms with E-state index in [-0.39, 0.29) is 0 Å². The number of hydrogen-bond acceptors (Lipinski definition) is 5. The lowest BCUT2D eigenvalue weighted by Crippen LogP contribution is -2.14. The van der Waals surface area contributed by atoms with Gasteiger partial charge >= 0.3 is 0 Å². The van der Waals surface area contributed by atoms with Gasteiger partial charge in [-0.2, -0.15) is 10.4 Å². The summed E-state index contributed by atoms with van der Waals surface area (Å²) >= 11 is 0. The average molecular weight is 270 g/mol. The van der Waals surface area contributed by atoms with E-state index >= 15 is 0 Å². The standard InChI is InChI=1S/C14H18N6/c1-3-11-12(9-15)14(19-18-13(11)4-2)17-6-8-20-7-5-16-10-20/h5,7,10H,3-4,6,8H2,1-2H3,(H,17,19). The first-order valence-corrected chi connectivity index (χ1v) is 6.78. The molecule has 0 saturated heterocycles. The lowest BCUT2D eigenvalue weighted by Gasteiger charge is -2.12. The molecule has 0 amide bonds. The summed E-state index contributed by atoms with van der Waals surface area (Å²) in [7, 11) is 0. The van der Waals surface area contributed by atoms with Crippen molar-refractivity contribution in [3.8, 4) is 6.07 Å². The van der Waals surface area contributed by atoms with E-state index in [1.54, 1.807) is 12.5 Å². The highest BCUT2D eigenvalue weighted by Crippen LogP contribution is 2.19. The molecule has 104 valence electrons. The molecule has 0 fully saturated rings. The molecule has 0 bridgehead atoms. The van der Waals surface area contributed by atoms with Gasteiger partial charge < -0.3 is 9.88 Å². The van der Waals surface area contributed by atoms with Gasteiger partial charge in [-0.25, -0.2) is 4.98 Å². The zero-order valence-corrected chi connectivity index (χ0v) is 11.8. The molecular weight excluding hydrogens is 252 g/mol. The molecule has 6 heteroatoms. The minimum absolute atomic E-state index is 0.571. The molecule has 2 aromatic heterocycles. The maximum absolute atomic E-state index is 9.36. The fourth-order valence-electron chi connectivity index (χ4n) is 2.14. The van der Waals surface area contributed by atoms with Crippen LogP contribution in [0.2, 0.25) is 0 Å². The van der Waals surface area contributed by atoms with E-state index in [2.05, 4.69) is 26.6 Å². The molecule has 2 aromatic rings. The van der Waals surface area contributed by atoms with E-state index < -0.39 is 0 Å². The Morgan fingerprint density at radius 3 is 2.75 bits per heavy atom. The smallest absolute Gasteiger partial charge is 0.167 e. The Kier molecular flexibility index (Phi) is 4.66. The summed E-state index contributed by atoms with van der Waals surface area (Å²) in [6.07, 6.45) is 6.98. The second-order valence-electron chi connectivity index (χ2n) is 4.40. The molecule has 0 spiro atoms. The van der Waals surface area contributed by atoms with Crippen LogP contribution < -0.4 is 5.32 Å². The van der Waals surface area contributed by atoms with Crippen LogP contribution in [0.15, 0.2) is 18.7 Å². The van der Waals surface area contributed by atoms with Gasteiger partial charge in [0.15, 0.2) is 5.82 Å². The van der Waals surface area contributed by atoms with Gasteiger partial charge in [-0.05, 0) is 18.4 Å². The zero-order valence-electron chi connectivity index (χ0n) is 11.8. The van der Waals surface area contributed by atoms with Crippen LogP contribution in [0.5, 0.6) is 0 Å². The number of hydrogen-bond donors (Lipinski definition) is 1. The SMILES string of the molecule is CCc1nnc(NCCn2ccnc2)c(C#N)c1CC. The van der Waals surface area contributed by atoms with Crippen molar-refractivity contribution in [3.05, 3.63) is 35.5 Å². The molecule has 0 aromatic carbocycles. The summed E-state index contributed by atoms with van der Waals surface area (Å²) in [5, 5.41) is 20.9. The van der Waals surface area contributed by atoms with Gasteiger partial charge in [-0.15, -0.1) is 5.10 Å². The molecule has 0 saturated carbocycles. The summed E-state index contributed by atoms with van der Waals surface area (Å²) < 4.78 is 1.97. The van der Waals surface area contributed by atoms with Gasteiger partial charge in [0.1, 0.15) is 11.6 Å². The van der Waals surface area contributed by atoms with E-state index in [0.29, 0.717) is 17.9 Å². The molecule has 0 radical (unpaired) electrons. The molecule has 2 rings (SSSR count). The minimum atomic E-state index is 0.571. The van der Waals surface area contributed by atoms with Gasteiger partial charge in [0.25, 0.3) is 0 Å². The number of nitriles is 1. The largest absolute Gasteiger partial charge is 0.366 e. The summed E-state index contributed by atoms with van der Waals surface area (Å²) in [5.74, 6) is 0.571. The topological polar surface area (TPSA) is 79.4 Å². The van der Waals surface area contributed by atoms with E-state index in [9.17, 15) is 5.26 Å². The predicted octanol–water partition coefficient (Wildman–Crippen LogP) is 1.78. The highest BCUT2D eigenvalue weighted by atomic mass is 15.2. The number of aromatic nitrogens is 4. The molecule has 0 aliphatic heterocycles. The summed E-state index contributed by atoms with van der Waals surface area (Å²) in [6, 6.07) is 2.25. The summed E-state index contributed by atoms with van der Waals surface area (Å²) in [6.45, 7) is 5.50. The number of nitrogens with zero attached hydrogens (tertiary/aromatic N) is 5. The monoisotopic (exact) mass is 270 g/mol. The predicted molar refractivity (Wildman–Crippen MR) is 76.2 cm³/mol. The first-order valence-electron chi connectivity index (χ1n) is 6.78. The Morgan fingerprint density at radius 1 is 1.30 bits per heavy atom. The van der Waals surface area contributed by atoms with Crippen LogP contribution in [-0.2, 0) is 19.4 Å². The zero-order chi connectivity index (χ0) is 14.4. The number of rotatable bonds is 6. The molecule has 1 N–H and O–H groups in total. The number of nitrogens with one attached hydrogen (secondary N) is 1. The third kappa shape index (κ3) is 2.94. The van der Waals surface area contributed by atoms with Crippen molar-refractivity contribution in [2.24, 2.45) is 0 Å². The molecule has 0 atom stereocenters. The second-order valence-corrected chi connectivity index (χ2v) is 4.40. The first kappa shape index (κ1) is 14.0. The van der Waals surface area contributed by atoms with Gasteiger partial charge in [-0.3, -0.25) is 0 Å². The lowest BCUT2D eigenvalue weighted by molar-refractivity contribution is 0.722. The summed E-state index contributed by atoms with van der Waals surface area (Å²) in [4.78, 5) is 3.99. The van der Waals surface area contributed by atoms with E-state index in [4.69, 9.17) is 0 Å².